The summed E-state index contributed by atoms with van der Waals surface area (Å²) in [6.45, 7) is 0. The SMILES string of the molecule is O=[N+]([O-])c1cnc(C#CC2=CCCCC2)s1. The molecule has 16 heavy (non-hydrogen) atoms. The molecule has 0 saturated heterocycles. The van der Waals surface area contributed by atoms with E-state index in [1.807, 2.05) is 0 Å². The minimum absolute atomic E-state index is 0.0434. The van der Waals surface area contributed by atoms with Crippen molar-refractivity contribution in [2.45, 2.75) is 25.7 Å². The lowest BCUT2D eigenvalue weighted by Crippen LogP contribution is -1.88. The summed E-state index contributed by atoms with van der Waals surface area (Å²) in [5.41, 5.74) is 1.13. The van der Waals surface area contributed by atoms with Gasteiger partial charge in [-0.25, -0.2) is 4.98 Å². The molecule has 0 amide bonds. The summed E-state index contributed by atoms with van der Waals surface area (Å²) in [5, 5.41) is 11.0. The molecule has 0 spiro atoms. The third-order valence-electron chi connectivity index (χ3n) is 2.29. The molecule has 0 bridgehead atoms. The van der Waals surface area contributed by atoms with Gasteiger partial charge in [0.2, 0.25) is 0 Å². The van der Waals surface area contributed by atoms with Gasteiger partial charge in [-0.05, 0) is 48.5 Å². The van der Waals surface area contributed by atoms with E-state index >= 15 is 0 Å². The Morgan fingerprint density at radius 1 is 1.44 bits per heavy atom. The molecule has 1 aliphatic carbocycles. The zero-order valence-electron chi connectivity index (χ0n) is 8.60. The van der Waals surface area contributed by atoms with Gasteiger partial charge >= 0.3 is 5.00 Å². The first-order valence-corrected chi connectivity index (χ1v) is 5.88. The zero-order chi connectivity index (χ0) is 11.4. The first kappa shape index (κ1) is 10.8. The van der Waals surface area contributed by atoms with Crippen LogP contribution in [0, 0.1) is 22.0 Å². The Balaban J connectivity index is 2.11. The Bertz CT molecular complexity index is 494. The van der Waals surface area contributed by atoms with Gasteiger partial charge in [-0.2, -0.15) is 0 Å². The summed E-state index contributed by atoms with van der Waals surface area (Å²) in [5.74, 6) is 5.90. The lowest BCUT2D eigenvalue weighted by molar-refractivity contribution is -0.380. The molecule has 1 aromatic rings. The van der Waals surface area contributed by atoms with E-state index in [1.54, 1.807) is 0 Å². The van der Waals surface area contributed by atoms with Crippen LogP contribution in [0.4, 0.5) is 5.00 Å². The van der Waals surface area contributed by atoms with E-state index in [1.165, 1.54) is 19.0 Å². The van der Waals surface area contributed by atoms with Gasteiger partial charge < -0.3 is 0 Å². The van der Waals surface area contributed by atoms with Gasteiger partial charge in [0.05, 0.1) is 4.92 Å². The van der Waals surface area contributed by atoms with Crippen molar-refractivity contribution in [1.29, 1.82) is 0 Å². The van der Waals surface area contributed by atoms with Crippen LogP contribution >= 0.6 is 11.3 Å². The average molecular weight is 234 g/mol. The second-order valence-electron chi connectivity index (χ2n) is 3.49. The molecule has 0 aromatic carbocycles. The predicted molar refractivity (Wildman–Crippen MR) is 62.2 cm³/mol. The van der Waals surface area contributed by atoms with Crippen LogP contribution in [0.2, 0.25) is 0 Å². The standard InChI is InChI=1S/C11H10N2O2S/c14-13(15)11-8-12-10(16-11)7-6-9-4-2-1-3-5-9/h4,8H,1-3,5H2. The number of nitro groups is 1. The smallest absolute Gasteiger partial charge is 0.257 e. The van der Waals surface area contributed by atoms with Crippen LogP contribution in [0.25, 0.3) is 0 Å². The number of thiazole rings is 1. The molecule has 0 saturated carbocycles. The summed E-state index contributed by atoms with van der Waals surface area (Å²) < 4.78 is 0. The minimum atomic E-state index is -0.442. The molecule has 1 aromatic heterocycles. The summed E-state index contributed by atoms with van der Waals surface area (Å²) in [4.78, 5) is 13.9. The maximum Gasteiger partial charge on any atom is 0.344 e. The first-order valence-electron chi connectivity index (χ1n) is 5.07. The van der Waals surface area contributed by atoms with E-state index in [0.29, 0.717) is 5.01 Å². The van der Waals surface area contributed by atoms with Crippen LogP contribution in [0.15, 0.2) is 17.8 Å². The monoisotopic (exact) mass is 234 g/mol. The van der Waals surface area contributed by atoms with Gasteiger partial charge in [0, 0.05) is 0 Å². The predicted octanol–water partition coefficient (Wildman–Crippen LogP) is 2.90. The van der Waals surface area contributed by atoms with E-state index in [2.05, 4.69) is 22.9 Å². The van der Waals surface area contributed by atoms with Crippen LogP contribution < -0.4 is 0 Å². The molecule has 0 aliphatic heterocycles. The van der Waals surface area contributed by atoms with Crippen molar-refractivity contribution in [3.8, 4) is 11.8 Å². The number of rotatable bonds is 1. The van der Waals surface area contributed by atoms with Crippen LogP contribution in [-0.2, 0) is 0 Å². The Hall–Kier alpha value is -1.67. The normalized spacial score (nSPS) is 14.9. The fourth-order valence-electron chi connectivity index (χ4n) is 1.49. The molecule has 1 heterocycles. The van der Waals surface area contributed by atoms with Crippen molar-refractivity contribution in [2.75, 3.05) is 0 Å². The average Bonchev–Trinajstić information content (AvgIpc) is 2.76. The molecule has 0 atom stereocenters. The molecule has 0 unspecified atom stereocenters. The second kappa shape index (κ2) is 4.90. The minimum Gasteiger partial charge on any atom is -0.257 e. The molecule has 0 N–H and O–H groups in total. The highest BCUT2D eigenvalue weighted by molar-refractivity contribution is 7.15. The largest absolute Gasteiger partial charge is 0.344 e. The van der Waals surface area contributed by atoms with Crippen molar-refractivity contribution in [1.82, 2.24) is 4.98 Å². The van der Waals surface area contributed by atoms with Crippen LogP contribution in [0.1, 0.15) is 30.7 Å². The maximum atomic E-state index is 10.4. The third kappa shape index (κ3) is 2.67. The first-order chi connectivity index (χ1) is 7.75. The maximum absolute atomic E-state index is 10.4. The summed E-state index contributed by atoms with van der Waals surface area (Å²) in [7, 11) is 0. The molecule has 4 nitrogen and oxygen atoms in total. The van der Waals surface area contributed by atoms with E-state index in [-0.39, 0.29) is 5.00 Å². The van der Waals surface area contributed by atoms with Gasteiger partial charge in [0.25, 0.3) is 0 Å². The Morgan fingerprint density at radius 3 is 2.94 bits per heavy atom. The summed E-state index contributed by atoms with van der Waals surface area (Å²) in [6, 6.07) is 0. The second-order valence-corrected chi connectivity index (χ2v) is 4.50. The van der Waals surface area contributed by atoms with Gasteiger partial charge in [-0.1, -0.05) is 12.0 Å². The fraction of sp³-hybridized carbons (Fsp3) is 0.364. The number of hydrogen-bond donors (Lipinski definition) is 0. The van der Waals surface area contributed by atoms with Crippen molar-refractivity contribution in [3.05, 3.63) is 33.0 Å². The molecule has 1 aliphatic rings. The van der Waals surface area contributed by atoms with Crippen molar-refractivity contribution >= 4 is 16.3 Å². The topological polar surface area (TPSA) is 56.0 Å². The van der Waals surface area contributed by atoms with E-state index in [0.717, 1.165) is 29.8 Å². The molecule has 0 fully saturated rings. The van der Waals surface area contributed by atoms with Gasteiger partial charge in [0.15, 0.2) is 5.01 Å². The Labute approximate surface area is 97.2 Å². The Kier molecular flexibility index (Phi) is 3.32. The number of aromatic nitrogens is 1. The third-order valence-corrected chi connectivity index (χ3v) is 3.16. The highest BCUT2D eigenvalue weighted by atomic mass is 32.1. The molecule has 82 valence electrons. The lowest BCUT2D eigenvalue weighted by atomic mass is 10.0. The van der Waals surface area contributed by atoms with E-state index < -0.39 is 4.92 Å². The highest BCUT2D eigenvalue weighted by Gasteiger charge is 2.09. The molecule has 5 heteroatoms. The van der Waals surface area contributed by atoms with E-state index in [4.69, 9.17) is 0 Å². The van der Waals surface area contributed by atoms with E-state index in [9.17, 15) is 10.1 Å². The van der Waals surface area contributed by atoms with Gasteiger partial charge in [-0.3, -0.25) is 10.1 Å². The van der Waals surface area contributed by atoms with Crippen LogP contribution in [-0.4, -0.2) is 9.91 Å². The number of hydrogen-bond acceptors (Lipinski definition) is 4. The van der Waals surface area contributed by atoms with Crippen LogP contribution in [0.3, 0.4) is 0 Å². The van der Waals surface area contributed by atoms with Crippen LogP contribution in [0.5, 0.6) is 0 Å². The highest BCUT2D eigenvalue weighted by Crippen LogP contribution is 2.21. The molecule has 0 radical (unpaired) electrons. The summed E-state index contributed by atoms with van der Waals surface area (Å²) in [6.07, 6.45) is 7.90. The number of allylic oxidation sites excluding steroid dienone is 2. The van der Waals surface area contributed by atoms with Crippen molar-refractivity contribution in [2.24, 2.45) is 0 Å². The number of nitrogens with zero attached hydrogens (tertiary/aromatic N) is 2. The zero-order valence-corrected chi connectivity index (χ0v) is 9.42. The lowest BCUT2D eigenvalue weighted by Gasteiger charge is -2.05. The van der Waals surface area contributed by atoms with Gasteiger partial charge in [0.1, 0.15) is 6.20 Å². The molecular weight excluding hydrogens is 224 g/mol. The quantitative estimate of drug-likeness (QED) is 0.426. The van der Waals surface area contributed by atoms with Gasteiger partial charge in [-0.15, -0.1) is 0 Å². The van der Waals surface area contributed by atoms with Crippen molar-refractivity contribution < 1.29 is 4.92 Å². The Morgan fingerprint density at radius 2 is 2.31 bits per heavy atom. The fourth-order valence-corrected chi connectivity index (χ4v) is 2.08. The van der Waals surface area contributed by atoms with Crippen molar-refractivity contribution in [3.63, 3.8) is 0 Å². The summed E-state index contributed by atoms with van der Waals surface area (Å²) >= 11 is 1.02. The molecule has 2 rings (SSSR count). The molecular formula is C11H10N2O2S.